The molecule has 2 heterocycles. The lowest BCUT2D eigenvalue weighted by Crippen LogP contribution is -2.62. The number of nitrogens with zero attached hydrogens (tertiary/aromatic N) is 1. The van der Waals surface area contributed by atoms with Gasteiger partial charge >= 0.3 is 0 Å². The summed E-state index contributed by atoms with van der Waals surface area (Å²) >= 11 is 0. The molecule has 2 bridgehead atoms. The molecule has 2 heteroatoms. The van der Waals surface area contributed by atoms with E-state index in [9.17, 15) is 0 Å². The summed E-state index contributed by atoms with van der Waals surface area (Å²) in [6, 6.07) is 2.45. The molecule has 2 saturated heterocycles. The van der Waals surface area contributed by atoms with Gasteiger partial charge in [-0.1, -0.05) is 20.3 Å². The van der Waals surface area contributed by atoms with Gasteiger partial charge in [0.1, 0.15) is 0 Å². The molecular formula is C15H30N2. The van der Waals surface area contributed by atoms with E-state index < -0.39 is 0 Å². The number of hydrogen-bond acceptors (Lipinski definition) is 2. The lowest BCUT2D eigenvalue weighted by atomic mass is 9.77. The number of rotatable bonds is 4. The molecule has 2 nitrogen and oxygen atoms in total. The van der Waals surface area contributed by atoms with Crippen LogP contribution in [0.15, 0.2) is 0 Å². The molecule has 2 aliphatic heterocycles. The highest BCUT2D eigenvalue weighted by atomic mass is 15.3. The fourth-order valence-corrected chi connectivity index (χ4v) is 4.01. The molecule has 0 aromatic carbocycles. The Labute approximate surface area is 107 Å². The fraction of sp³-hybridized carbons (Fsp3) is 1.00. The summed E-state index contributed by atoms with van der Waals surface area (Å²) in [7, 11) is 0. The highest BCUT2D eigenvalue weighted by molar-refractivity contribution is 5.00. The summed E-state index contributed by atoms with van der Waals surface area (Å²) < 4.78 is 0. The Kier molecular flexibility index (Phi) is 4.14. The number of piperidine rings is 2. The predicted molar refractivity (Wildman–Crippen MR) is 74.3 cm³/mol. The second kappa shape index (κ2) is 5.27. The molecule has 2 aliphatic rings. The Hall–Kier alpha value is -0.0800. The van der Waals surface area contributed by atoms with Gasteiger partial charge in [-0.3, -0.25) is 4.90 Å². The number of nitrogens with one attached hydrogen (secondary N) is 1. The second-order valence-corrected chi connectivity index (χ2v) is 6.54. The lowest BCUT2D eigenvalue weighted by molar-refractivity contribution is -0.0494. The molecular weight excluding hydrogens is 208 g/mol. The van der Waals surface area contributed by atoms with Gasteiger partial charge in [-0.05, 0) is 52.5 Å². The van der Waals surface area contributed by atoms with Crippen LogP contribution >= 0.6 is 0 Å². The maximum absolute atomic E-state index is 3.68. The van der Waals surface area contributed by atoms with E-state index in [1.807, 2.05) is 0 Å². The van der Waals surface area contributed by atoms with E-state index in [1.54, 1.807) is 0 Å². The predicted octanol–water partition coefficient (Wildman–Crippen LogP) is 3.17. The highest BCUT2D eigenvalue weighted by Crippen LogP contribution is 2.39. The molecule has 0 aliphatic carbocycles. The standard InChI is InChI=1S/C15H30N2/c1-5-15(3,4)17-13-8-7-9-14(17)11-12(10-13)16-6-2/h12-14,16H,5-11H2,1-4H3. The van der Waals surface area contributed by atoms with Crippen LogP contribution in [0.5, 0.6) is 0 Å². The Bertz CT molecular complexity index is 235. The highest BCUT2D eigenvalue weighted by Gasteiger charge is 2.43. The largest absolute Gasteiger partial charge is 0.314 e. The zero-order chi connectivity index (χ0) is 12.5. The molecule has 1 N–H and O–H groups in total. The average Bonchev–Trinajstić information content (AvgIpc) is 2.28. The van der Waals surface area contributed by atoms with Gasteiger partial charge < -0.3 is 5.32 Å². The van der Waals surface area contributed by atoms with Crippen molar-refractivity contribution >= 4 is 0 Å². The Morgan fingerprint density at radius 3 is 2.18 bits per heavy atom. The van der Waals surface area contributed by atoms with Crippen LogP contribution in [0.3, 0.4) is 0 Å². The van der Waals surface area contributed by atoms with Crippen molar-refractivity contribution in [2.24, 2.45) is 0 Å². The van der Waals surface area contributed by atoms with Gasteiger partial charge in [0.25, 0.3) is 0 Å². The van der Waals surface area contributed by atoms with Crippen LogP contribution in [0.1, 0.15) is 66.2 Å². The molecule has 2 fully saturated rings. The molecule has 0 aromatic rings. The van der Waals surface area contributed by atoms with Crippen LogP contribution in [0, 0.1) is 0 Å². The summed E-state index contributed by atoms with van der Waals surface area (Å²) in [4.78, 5) is 2.87. The molecule has 0 radical (unpaired) electrons. The van der Waals surface area contributed by atoms with Crippen molar-refractivity contribution in [3.8, 4) is 0 Å². The summed E-state index contributed by atoms with van der Waals surface area (Å²) in [5.41, 5.74) is 0.396. The molecule has 17 heavy (non-hydrogen) atoms. The van der Waals surface area contributed by atoms with E-state index in [0.29, 0.717) is 5.54 Å². The Balaban J connectivity index is 2.09. The van der Waals surface area contributed by atoms with Crippen molar-refractivity contribution in [1.82, 2.24) is 10.2 Å². The van der Waals surface area contributed by atoms with Crippen LogP contribution in [-0.4, -0.2) is 35.1 Å². The van der Waals surface area contributed by atoms with Gasteiger partial charge in [-0.25, -0.2) is 0 Å². The first-order valence-electron chi connectivity index (χ1n) is 7.60. The third-order valence-corrected chi connectivity index (χ3v) is 5.03. The van der Waals surface area contributed by atoms with Crippen molar-refractivity contribution in [2.75, 3.05) is 6.54 Å². The average molecular weight is 238 g/mol. The minimum Gasteiger partial charge on any atom is -0.314 e. The monoisotopic (exact) mass is 238 g/mol. The van der Waals surface area contributed by atoms with E-state index in [4.69, 9.17) is 0 Å². The van der Waals surface area contributed by atoms with Gasteiger partial charge in [0, 0.05) is 23.7 Å². The van der Waals surface area contributed by atoms with Crippen LogP contribution in [-0.2, 0) is 0 Å². The maximum Gasteiger partial charge on any atom is 0.0156 e. The van der Waals surface area contributed by atoms with Crippen LogP contribution in [0.25, 0.3) is 0 Å². The Morgan fingerprint density at radius 1 is 1.12 bits per heavy atom. The summed E-state index contributed by atoms with van der Waals surface area (Å²) in [5, 5.41) is 3.68. The van der Waals surface area contributed by atoms with Gasteiger partial charge in [0.15, 0.2) is 0 Å². The van der Waals surface area contributed by atoms with Gasteiger partial charge in [0.2, 0.25) is 0 Å². The molecule has 2 unspecified atom stereocenters. The molecule has 0 amide bonds. The van der Waals surface area contributed by atoms with E-state index in [0.717, 1.165) is 24.7 Å². The summed E-state index contributed by atoms with van der Waals surface area (Å²) in [6.45, 7) is 10.6. The lowest BCUT2D eigenvalue weighted by Gasteiger charge is -2.55. The van der Waals surface area contributed by atoms with Crippen molar-refractivity contribution in [3.05, 3.63) is 0 Å². The van der Waals surface area contributed by atoms with Crippen molar-refractivity contribution in [1.29, 1.82) is 0 Å². The summed E-state index contributed by atoms with van der Waals surface area (Å²) in [5.74, 6) is 0. The van der Waals surface area contributed by atoms with Crippen molar-refractivity contribution in [2.45, 2.75) is 89.9 Å². The van der Waals surface area contributed by atoms with E-state index in [-0.39, 0.29) is 0 Å². The second-order valence-electron chi connectivity index (χ2n) is 6.54. The smallest absolute Gasteiger partial charge is 0.0156 e. The minimum absolute atomic E-state index is 0.396. The molecule has 2 rings (SSSR count). The molecule has 0 saturated carbocycles. The zero-order valence-corrected chi connectivity index (χ0v) is 12.1. The van der Waals surface area contributed by atoms with Crippen molar-refractivity contribution in [3.63, 3.8) is 0 Å². The third kappa shape index (κ3) is 2.68. The SMILES string of the molecule is CCNC1CC2CCCC(C1)N2C(C)(C)CC. The van der Waals surface area contributed by atoms with E-state index in [2.05, 4.69) is 37.9 Å². The summed E-state index contributed by atoms with van der Waals surface area (Å²) in [6.07, 6.45) is 8.29. The fourth-order valence-electron chi connectivity index (χ4n) is 4.01. The topological polar surface area (TPSA) is 15.3 Å². The van der Waals surface area contributed by atoms with E-state index >= 15 is 0 Å². The van der Waals surface area contributed by atoms with Crippen LogP contribution in [0.4, 0.5) is 0 Å². The molecule has 0 spiro atoms. The minimum atomic E-state index is 0.396. The molecule has 2 atom stereocenters. The third-order valence-electron chi connectivity index (χ3n) is 5.03. The first-order chi connectivity index (χ1) is 8.08. The normalized spacial score (nSPS) is 34.9. The first kappa shape index (κ1) is 13.4. The zero-order valence-electron chi connectivity index (χ0n) is 12.1. The van der Waals surface area contributed by atoms with Crippen molar-refractivity contribution < 1.29 is 0 Å². The van der Waals surface area contributed by atoms with Crippen LogP contribution < -0.4 is 5.32 Å². The first-order valence-corrected chi connectivity index (χ1v) is 7.60. The molecule has 0 aromatic heterocycles. The van der Waals surface area contributed by atoms with Gasteiger partial charge in [0.05, 0.1) is 0 Å². The van der Waals surface area contributed by atoms with E-state index in [1.165, 1.54) is 38.5 Å². The Morgan fingerprint density at radius 2 is 1.71 bits per heavy atom. The molecule has 100 valence electrons. The number of hydrogen-bond donors (Lipinski definition) is 1. The van der Waals surface area contributed by atoms with Crippen LogP contribution in [0.2, 0.25) is 0 Å². The maximum atomic E-state index is 3.68. The van der Waals surface area contributed by atoms with Gasteiger partial charge in [-0.2, -0.15) is 0 Å². The van der Waals surface area contributed by atoms with Gasteiger partial charge in [-0.15, -0.1) is 0 Å². The number of fused-ring (bicyclic) bond motifs is 2. The quantitative estimate of drug-likeness (QED) is 0.809.